The van der Waals surface area contributed by atoms with Gasteiger partial charge in [-0.05, 0) is 51.2 Å². The van der Waals surface area contributed by atoms with E-state index in [2.05, 4.69) is 38.2 Å². The third-order valence-corrected chi connectivity index (χ3v) is 4.55. The fourth-order valence-electron chi connectivity index (χ4n) is 2.48. The van der Waals surface area contributed by atoms with Gasteiger partial charge in [-0.25, -0.2) is 0 Å². The van der Waals surface area contributed by atoms with Gasteiger partial charge in [0.2, 0.25) is 0 Å². The number of hydrogen-bond acceptors (Lipinski definition) is 2. The Morgan fingerprint density at radius 2 is 2.20 bits per heavy atom. The zero-order valence-electron chi connectivity index (χ0n) is 9.92. The van der Waals surface area contributed by atoms with Crippen LogP contribution < -0.4 is 5.32 Å². The fourth-order valence-corrected chi connectivity index (χ4v) is 3.37. The summed E-state index contributed by atoms with van der Waals surface area (Å²) < 4.78 is 0. The van der Waals surface area contributed by atoms with Gasteiger partial charge in [-0.1, -0.05) is 6.92 Å². The molecule has 1 fully saturated rings. The average Bonchev–Trinajstić information content (AvgIpc) is 2.75. The van der Waals surface area contributed by atoms with E-state index in [0.717, 1.165) is 12.0 Å². The Balaban J connectivity index is 1.89. The molecular formula is C13H21NS. The Kier molecular flexibility index (Phi) is 3.47. The van der Waals surface area contributed by atoms with E-state index in [1.54, 1.807) is 0 Å². The van der Waals surface area contributed by atoms with Crippen molar-refractivity contribution in [2.45, 2.75) is 52.1 Å². The Bertz CT molecular complexity index is 318. The van der Waals surface area contributed by atoms with Crippen molar-refractivity contribution in [3.63, 3.8) is 0 Å². The Morgan fingerprint density at radius 1 is 1.40 bits per heavy atom. The normalized spacial score (nSPS) is 28.2. The molecule has 1 N–H and O–H groups in total. The summed E-state index contributed by atoms with van der Waals surface area (Å²) in [5.74, 6) is 0.916. The molecule has 15 heavy (non-hydrogen) atoms. The van der Waals surface area contributed by atoms with Gasteiger partial charge >= 0.3 is 0 Å². The van der Waals surface area contributed by atoms with Crippen molar-refractivity contribution in [1.29, 1.82) is 0 Å². The van der Waals surface area contributed by atoms with Crippen molar-refractivity contribution >= 4 is 11.3 Å². The van der Waals surface area contributed by atoms with Crippen LogP contribution in [0.5, 0.6) is 0 Å². The number of aryl methyl sites for hydroxylation is 1. The summed E-state index contributed by atoms with van der Waals surface area (Å²) in [6.45, 7) is 6.83. The highest BCUT2D eigenvalue weighted by Gasteiger charge is 2.22. The molecule has 1 aromatic rings. The molecule has 0 bridgehead atoms. The Hall–Kier alpha value is -0.340. The van der Waals surface area contributed by atoms with Crippen LogP contribution >= 0.6 is 11.3 Å². The summed E-state index contributed by atoms with van der Waals surface area (Å²) in [7, 11) is 0. The molecule has 1 heterocycles. The molecular weight excluding hydrogens is 202 g/mol. The molecule has 0 aliphatic heterocycles. The molecule has 2 rings (SSSR count). The lowest BCUT2D eigenvalue weighted by Crippen LogP contribution is -2.28. The maximum Gasteiger partial charge on any atom is 0.0388 e. The van der Waals surface area contributed by atoms with Crippen LogP contribution in [0.4, 0.5) is 0 Å². The van der Waals surface area contributed by atoms with E-state index in [1.165, 1.54) is 29.0 Å². The third-order valence-electron chi connectivity index (χ3n) is 3.37. The predicted molar refractivity (Wildman–Crippen MR) is 67.4 cm³/mol. The van der Waals surface area contributed by atoms with Gasteiger partial charge in [0.15, 0.2) is 0 Å². The molecule has 0 amide bonds. The van der Waals surface area contributed by atoms with Gasteiger partial charge in [0.05, 0.1) is 0 Å². The van der Waals surface area contributed by atoms with Crippen molar-refractivity contribution in [1.82, 2.24) is 5.32 Å². The minimum absolute atomic E-state index is 0.527. The monoisotopic (exact) mass is 223 g/mol. The third kappa shape index (κ3) is 2.82. The molecule has 3 atom stereocenters. The van der Waals surface area contributed by atoms with Crippen LogP contribution in [0.3, 0.4) is 0 Å². The average molecular weight is 223 g/mol. The van der Waals surface area contributed by atoms with Gasteiger partial charge in [-0.15, -0.1) is 11.3 Å². The second kappa shape index (κ2) is 4.67. The van der Waals surface area contributed by atoms with E-state index in [0.29, 0.717) is 6.04 Å². The van der Waals surface area contributed by atoms with E-state index in [4.69, 9.17) is 0 Å². The molecule has 1 aliphatic carbocycles. The van der Waals surface area contributed by atoms with Gasteiger partial charge in [0, 0.05) is 21.8 Å². The first-order valence-electron chi connectivity index (χ1n) is 5.97. The molecule has 0 radical (unpaired) electrons. The molecule has 1 aliphatic rings. The second-order valence-electron chi connectivity index (χ2n) is 4.95. The highest BCUT2D eigenvalue weighted by Crippen LogP contribution is 2.28. The summed E-state index contributed by atoms with van der Waals surface area (Å²) >= 11 is 1.92. The summed E-state index contributed by atoms with van der Waals surface area (Å²) in [5.41, 5.74) is 0. The van der Waals surface area contributed by atoms with Crippen molar-refractivity contribution in [3.05, 3.63) is 21.9 Å². The predicted octanol–water partition coefficient (Wildman–Crippen LogP) is 3.90. The largest absolute Gasteiger partial charge is 0.307 e. The van der Waals surface area contributed by atoms with Crippen molar-refractivity contribution in [3.8, 4) is 0 Å². The van der Waals surface area contributed by atoms with Crippen LogP contribution in [0.2, 0.25) is 0 Å². The maximum atomic E-state index is 3.75. The molecule has 3 unspecified atom stereocenters. The smallest absolute Gasteiger partial charge is 0.0388 e. The van der Waals surface area contributed by atoms with E-state index in [1.807, 2.05) is 11.3 Å². The van der Waals surface area contributed by atoms with E-state index < -0.39 is 0 Å². The van der Waals surface area contributed by atoms with Crippen LogP contribution in [0.15, 0.2) is 12.1 Å². The zero-order chi connectivity index (χ0) is 10.8. The Morgan fingerprint density at radius 3 is 2.73 bits per heavy atom. The van der Waals surface area contributed by atoms with Crippen molar-refractivity contribution in [2.24, 2.45) is 5.92 Å². The highest BCUT2D eigenvalue weighted by atomic mass is 32.1. The fraction of sp³-hybridized carbons (Fsp3) is 0.692. The molecule has 1 saturated carbocycles. The van der Waals surface area contributed by atoms with Gasteiger partial charge in [-0.2, -0.15) is 0 Å². The molecule has 1 nitrogen and oxygen atoms in total. The van der Waals surface area contributed by atoms with E-state index in [9.17, 15) is 0 Å². The second-order valence-corrected chi connectivity index (χ2v) is 6.27. The maximum absolute atomic E-state index is 3.75. The first-order chi connectivity index (χ1) is 7.15. The number of hydrogen-bond donors (Lipinski definition) is 1. The molecule has 1 aromatic heterocycles. The zero-order valence-corrected chi connectivity index (χ0v) is 10.7. The molecule has 0 saturated heterocycles. The van der Waals surface area contributed by atoms with Crippen LogP contribution in [-0.4, -0.2) is 6.04 Å². The van der Waals surface area contributed by atoms with Gasteiger partial charge in [-0.3, -0.25) is 0 Å². The highest BCUT2D eigenvalue weighted by molar-refractivity contribution is 7.12. The number of nitrogens with one attached hydrogen (secondary N) is 1. The van der Waals surface area contributed by atoms with Gasteiger partial charge < -0.3 is 5.32 Å². The van der Waals surface area contributed by atoms with Crippen molar-refractivity contribution in [2.75, 3.05) is 0 Å². The van der Waals surface area contributed by atoms with Crippen LogP contribution in [0.1, 0.15) is 48.9 Å². The summed E-state index contributed by atoms with van der Waals surface area (Å²) in [5, 5.41) is 3.75. The first kappa shape index (κ1) is 11.2. The molecule has 84 valence electrons. The van der Waals surface area contributed by atoms with E-state index >= 15 is 0 Å². The molecule has 0 spiro atoms. The molecule has 2 heteroatoms. The van der Waals surface area contributed by atoms with Gasteiger partial charge in [0.1, 0.15) is 0 Å². The number of thiophene rings is 1. The lowest BCUT2D eigenvalue weighted by molar-refractivity contribution is 0.453. The SMILES string of the molecule is Cc1ccc(C(C)NC2CCC(C)C2)s1. The van der Waals surface area contributed by atoms with Crippen LogP contribution in [-0.2, 0) is 0 Å². The minimum atomic E-state index is 0.527. The number of rotatable bonds is 3. The summed E-state index contributed by atoms with van der Waals surface area (Å²) in [6.07, 6.45) is 4.11. The van der Waals surface area contributed by atoms with Crippen LogP contribution in [0.25, 0.3) is 0 Å². The van der Waals surface area contributed by atoms with Gasteiger partial charge in [0.25, 0.3) is 0 Å². The Labute approximate surface area is 96.9 Å². The minimum Gasteiger partial charge on any atom is -0.307 e. The van der Waals surface area contributed by atoms with Crippen molar-refractivity contribution < 1.29 is 0 Å². The summed E-state index contributed by atoms with van der Waals surface area (Å²) in [6, 6.07) is 5.75. The first-order valence-corrected chi connectivity index (χ1v) is 6.79. The summed E-state index contributed by atoms with van der Waals surface area (Å²) in [4.78, 5) is 2.89. The van der Waals surface area contributed by atoms with E-state index in [-0.39, 0.29) is 0 Å². The lowest BCUT2D eigenvalue weighted by atomic mass is 10.1. The standard InChI is InChI=1S/C13H21NS/c1-9-4-6-12(8-9)14-11(3)13-7-5-10(2)15-13/h5,7,9,11-12,14H,4,6,8H2,1-3H3. The topological polar surface area (TPSA) is 12.0 Å². The molecule has 0 aromatic carbocycles. The quantitative estimate of drug-likeness (QED) is 0.819. The lowest BCUT2D eigenvalue weighted by Gasteiger charge is -2.18. The van der Waals surface area contributed by atoms with Crippen LogP contribution in [0, 0.1) is 12.8 Å².